The van der Waals surface area contributed by atoms with Crippen molar-refractivity contribution in [1.82, 2.24) is 9.80 Å². The first-order chi connectivity index (χ1) is 6.25. The molecule has 0 aromatic carbocycles. The smallest absolute Gasteiger partial charge is 0.0303 e. The summed E-state index contributed by atoms with van der Waals surface area (Å²) in [6.07, 6.45) is 2.95. The lowest BCUT2D eigenvalue weighted by Gasteiger charge is -2.36. The zero-order chi connectivity index (χ0) is 9.26. The fourth-order valence-corrected chi connectivity index (χ4v) is 1.98. The van der Waals surface area contributed by atoms with E-state index in [1.165, 1.54) is 51.3 Å². The summed E-state index contributed by atoms with van der Waals surface area (Å²) in [4.78, 5) is 5.00. The van der Waals surface area contributed by atoms with E-state index in [0.29, 0.717) is 0 Å². The summed E-state index contributed by atoms with van der Waals surface area (Å²) < 4.78 is 0. The summed E-state index contributed by atoms with van der Waals surface area (Å²) >= 11 is 0. The highest BCUT2D eigenvalue weighted by molar-refractivity contribution is 4.92. The number of allylic oxidation sites excluding steroid dienone is 1. The predicted octanol–water partition coefficient (Wildman–Crippen LogP) is 1.55. The van der Waals surface area contributed by atoms with Crippen LogP contribution in [0.15, 0.2) is 12.3 Å². The number of piperazine rings is 1. The molecule has 2 fully saturated rings. The van der Waals surface area contributed by atoms with Gasteiger partial charge in [0.1, 0.15) is 0 Å². The maximum atomic E-state index is 3.98. The normalized spacial score (nSPS) is 24.8. The molecule has 0 spiro atoms. The van der Waals surface area contributed by atoms with Crippen LogP contribution < -0.4 is 0 Å². The zero-order valence-corrected chi connectivity index (χ0v) is 8.63. The lowest BCUT2D eigenvalue weighted by molar-refractivity contribution is 0.154. The summed E-state index contributed by atoms with van der Waals surface area (Å²) in [7, 11) is 0. The van der Waals surface area contributed by atoms with Crippen molar-refractivity contribution in [2.45, 2.75) is 19.8 Å². The average Bonchev–Trinajstić information content (AvgIpc) is 2.89. The minimum atomic E-state index is 1.04. The fraction of sp³-hybridized carbons (Fsp3) is 0.818. The van der Waals surface area contributed by atoms with Gasteiger partial charge in [-0.05, 0) is 25.7 Å². The van der Waals surface area contributed by atoms with E-state index in [4.69, 9.17) is 0 Å². The van der Waals surface area contributed by atoms with Gasteiger partial charge in [0, 0.05) is 38.4 Å². The van der Waals surface area contributed by atoms with Gasteiger partial charge in [-0.25, -0.2) is 0 Å². The van der Waals surface area contributed by atoms with Crippen LogP contribution in [0.5, 0.6) is 0 Å². The molecule has 74 valence electrons. The third kappa shape index (κ3) is 2.47. The van der Waals surface area contributed by atoms with E-state index in [1.807, 2.05) is 0 Å². The molecule has 0 atom stereocenters. The van der Waals surface area contributed by atoms with E-state index in [1.54, 1.807) is 0 Å². The van der Waals surface area contributed by atoms with E-state index in [0.717, 1.165) is 5.92 Å². The topological polar surface area (TPSA) is 6.48 Å². The van der Waals surface area contributed by atoms with Gasteiger partial charge in [-0.1, -0.05) is 6.58 Å². The molecule has 13 heavy (non-hydrogen) atoms. The Morgan fingerprint density at radius 1 is 1.23 bits per heavy atom. The highest BCUT2D eigenvalue weighted by atomic mass is 15.3. The molecule has 2 nitrogen and oxygen atoms in total. The Kier molecular flexibility index (Phi) is 2.58. The molecule has 0 amide bonds. The summed E-state index contributed by atoms with van der Waals surface area (Å²) in [6, 6.07) is 0. The Morgan fingerprint density at radius 3 is 2.31 bits per heavy atom. The molecule has 1 aliphatic carbocycles. The molecule has 1 saturated heterocycles. The molecule has 1 saturated carbocycles. The molecule has 2 heteroatoms. The number of nitrogens with zero attached hydrogens (tertiary/aromatic N) is 2. The zero-order valence-electron chi connectivity index (χ0n) is 8.63. The molecule has 0 aromatic rings. The minimum Gasteiger partial charge on any atom is -0.373 e. The second kappa shape index (κ2) is 3.70. The molecule has 2 aliphatic rings. The summed E-state index contributed by atoms with van der Waals surface area (Å²) in [5.41, 5.74) is 1.23. The van der Waals surface area contributed by atoms with Gasteiger partial charge in [0.05, 0.1) is 0 Å². The first-order valence-corrected chi connectivity index (χ1v) is 5.38. The monoisotopic (exact) mass is 180 g/mol. The van der Waals surface area contributed by atoms with E-state index in [-0.39, 0.29) is 0 Å². The van der Waals surface area contributed by atoms with Crippen molar-refractivity contribution in [3.63, 3.8) is 0 Å². The fourth-order valence-electron chi connectivity index (χ4n) is 1.98. The predicted molar refractivity (Wildman–Crippen MR) is 55.6 cm³/mol. The lowest BCUT2D eigenvalue weighted by Crippen LogP contribution is -2.45. The Hall–Kier alpha value is -0.500. The maximum Gasteiger partial charge on any atom is 0.0303 e. The van der Waals surface area contributed by atoms with Gasteiger partial charge < -0.3 is 4.90 Å². The van der Waals surface area contributed by atoms with E-state index in [2.05, 4.69) is 23.3 Å². The molecule has 0 radical (unpaired) electrons. The van der Waals surface area contributed by atoms with Gasteiger partial charge in [0.25, 0.3) is 0 Å². The van der Waals surface area contributed by atoms with Gasteiger partial charge in [0.2, 0.25) is 0 Å². The number of hydrogen-bond donors (Lipinski definition) is 0. The molecular formula is C11H20N2. The molecule has 0 N–H and O–H groups in total. The Bertz CT molecular complexity index is 188. The summed E-state index contributed by atoms with van der Waals surface area (Å²) in [5.74, 6) is 1.04. The quantitative estimate of drug-likeness (QED) is 0.650. The lowest BCUT2D eigenvalue weighted by atomic mass is 10.2. The standard InChI is InChI=1S/C11H20N2/c1-10(2)13-7-5-12(6-8-13)9-11-3-4-11/h11H,1,3-9H2,2H3. The number of rotatable bonds is 3. The van der Waals surface area contributed by atoms with Crippen molar-refractivity contribution >= 4 is 0 Å². The molecule has 0 unspecified atom stereocenters. The Labute approximate surface area is 81.2 Å². The first kappa shape index (κ1) is 9.07. The van der Waals surface area contributed by atoms with E-state index >= 15 is 0 Å². The average molecular weight is 180 g/mol. The van der Waals surface area contributed by atoms with Crippen molar-refractivity contribution in [2.75, 3.05) is 32.7 Å². The van der Waals surface area contributed by atoms with Crippen molar-refractivity contribution in [2.24, 2.45) is 5.92 Å². The van der Waals surface area contributed by atoms with Crippen LogP contribution in [0.4, 0.5) is 0 Å². The van der Waals surface area contributed by atoms with Crippen LogP contribution in [-0.2, 0) is 0 Å². The van der Waals surface area contributed by atoms with Crippen LogP contribution in [0, 0.1) is 5.92 Å². The van der Waals surface area contributed by atoms with Gasteiger partial charge in [-0.15, -0.1) is 0 Å². The SMILES string of the molecule is C=C(C)N1CCN(CC2CC2)CC1. The summed E-state index contributed by atoms with van der Waals surface area (Å²) in [5, 5.41) is 0. The van der Waals surface area contributed by atoms with Crippen LogP contribution in [0.3, 0.4) is 0 Å². The van der Waals surface area contributed by atoms with Gasteiger partial charge >= 0.3 is 0 Å². The van der Waals surface area contributed by atoms with E-state index < -0.39 is 0 Å². The Balaban J connectivity index is 1.71. The summed E-state index contributed by atoms with van der Waals surface area (Å²) in [6.45, 7) is 12.3. The van der Waals surface area contributed by atoms with Crippen molar-refractivity contribution < 1.29 is 0 Å². The first-order valence-electron chi connectivity index (χ1n) is 5.38. The molecular weight excluding hydrogens is 160 g/mol. The van der Waals surface area contributed by atoms with Crippen molar-refractivity contribution in [3.8, 4) is 0 Å². The van der Waals surface area contributed by atoms with Gasteiger partial charge in [-0.2, -0.15) is 0 Å². The second-order valence-electron chi connectivity index (χ2n) is 4.47. The van der Waals surface area contributed by atoms with E-state index in [9.17, 15) is 0 Å². The van der Waals surface area contributed by atoms with Crippen molar-refractivity contribution in [3.05, 3.63) is 12.3 Å². The van der Waals surface area contributed by atoms with Gasteiger partial charge in [-0.3, -0.25) is 4.90 Å². The largest absolute Gasteiger partial charge is 0.373 e. The highest BCUT2D eigenvalue weighted by Crippen LogP contribution is 2.29. The van der Waals surface area contributed by atoms with Crippen LogP contribution in [0.1, 0.15) is 19.8 Å². The molecule has 2 rings (SSSR count). The highest BCUT2D eigenvalue weighted by Gasteiger charge is 2.26. The minimum absolute atomic E-state index is 1.04. The van der Waals surface area contributed by atoms with Crippen LogP contribution in [0.2, 0.25) is 0 Å². The molecule has 1 heterocycles. The third-order valence-corrected chi connectivity index (χ3v) is 3.13. The maximum absolute atomic E-state index is 3.98. The van der Waals surface area contributed by atoms with Crippen LogP contribution in [0.25, 0.3) is 0 Å². The second-order valence-corrected chi connectivity index (χ2v) is 4.47. The Morgan fingerprint density at radius 2 is 1.85 bits per heavy atom. The molecule has 0 bridgehead atoms. The number of hydrogen-bond acceptors (Lipinski definition) is 2. The molecule has 0 aromatic heterocycles. The third-order valence-electron chi connectivity index (χ3n) is 3.13. The van der Waals surface area contributed by atoms with Gasteiger partial charge in [0.15, 0.2) is 0 Å². The molecule has 1 aliphatic heterocycles. The van der Waals surface area contributed by atoms with Crippen molar-refractivity contribution in [1.29, 1.82) is 0 Å². The van der Waals surface area contributed by atoms with Crippen LogP contribution in [-0.4, -0.2) is 42.5 Å². The van der Waals surface area contributed by atoms with Crippen LogP contribution >= 0.6 is 0 Å².